The monoisotopic (exact) mass is 556 g/mol. The van der Waals surface area contributed by atoms with Gasteiger partial charge >= 0.3 is 0 Å². The Labute approximate surface area is 244 Å². The van der Waals surface area contributed by atoms with Crippen LogP contribution in [0.25, 0.3) is 0 Å². The number of carbonyl (C=O) groups is 2. The lowest BCUT2D eigenvalue weighted by molar-refractivity contribution is -0.132. The third-order valence-corrected chi connectivity index (χ3v) is 10.2. The van der Waals surface area contributed by atoms with Crippen LogP contribution in [0.1, 0.15) is 55.2 Å². The third kappa shape index (κ3) is 5.80. The van der Waals surface area contributed by atoms with Crippen LogP contribution in [-0.4, -0.2) is 88.6 Å². The summed E-state index contributed by atoms with van der Waals surface area (Å²) >= 11 is 0. The molecule has 1 aliphatic carbocycles. The summed E-state index contributed by atoms with van der Waals surface area (Å²) in [7, 11) is 0. The molecule has 8 heteroatoms. The Morgan fingerprint density at radius 3 is 2.12 bits per heavy atom. The molecule has 5 aliphatic rings. The van der Waals surface area contributed by atoms with Gasteiger partial charge in [0.05, 0.1) is 24.4 Å². The molecule has 0 aromatic heterocycles. The number of amides is 2. The van der Waals surface area contributed by atoms with Gasteiger partial charge in [0.1, 0.15) is 0 Å². The number of hydrogen-bond donors (Lipinski definition) is 2. The Bertz CT molecular complexity index is 1250. The number of hydrogen-bond acceptors (Lipinski definition) is 6. The van der Waals surface area contributed by atoms with E-state index in [2.05, 4.69) is 66.6 Å². The molecule has 0 radical (unpaired) electrons. The Morgan fingerprint density at radius 2 is 1.39 bits per heavy atom. The molecule has 218 valence electrons. The van der Waals surface area contributed by atoms with Gasteiger partial charge in [-0.05, 0) is 61.1 Å². The lowest BCUT2D eigenvalue weighted by atomic mass is 9.94. The highest BCUT2D eigenvalue weighted by Crippen LogP contribution is 2.35. The molecule has 1 saturated carbocycles. The molecule has 8 nitrogen and oxygen atoms in total. The van der Waals surface area contributed by atoms with Crippen LogP contribution in [-0.2, 0) is 29.2 Å². The first-order valence-corrected chi connectivity index (χ1v) is 15.7. The Balaban J connectivity index is 0.957. The first-order chi connectivity index (χ1) is 20.0. The minimum Gasteiger partial charge on any atom is -0.337 e. The fourth-order valence-electron chi connectivity index (χ4n) is 7.63. The predicted octanol–water partition coefficient (Wildman–Crippen LogP) is 2.74. The molecule has 41 heavy (non-hydrogen) atoms. The van der Waals surface area contributed by atoms with E-state index in [1.807, 2.05) is 18.2 Å². The summed E-state index contributed by atoms with van der Waals surface area (Å²) in [5.74, 6) is 1.28. The van der Waals surface area contributed by atoms with Gasteiger partial charge in [-0.25, -0.2) is 0 Å². The maximum absolute atomic E-state index is 12.8. The van der Waals surface area contributed by atoms with E-state index < -0.39 is 0 Å². The van der Waals surface area contributed by atoms with Gasteiger partial charge in [-0.3, -0.25) is 24.7 Å². The SMILES string of the molecule is O=C1CN(Cc2cccc(CN3CCC4(CC3)NCC(=O)N4Cc3ccccc3)c2)C2(CCN(CC3CC3)CC2)N1. The van der Waals surface area contributed by atoms with E-state index >= 15 is 0 Å². The standard InChI is InChI=1S/C33H44N6O2/c40-30-25-38(33(35-30)13-17-36(18-14-33)21-27-9-10-27)23-29-8-4-7-28(19-29)22-37-15-11-32(12-16-37)34-20-31(41)39(32)24-26-5-2-1-3-6-26/h1-8,19,27,34H,9-18,20-25H2,(H,35,40). The van der Waals surface area contributed by atoms with Gasteiger partial charge in [0.25, 0.3) is 0 Å². The average Bonchev–Trinajstić information content (AvgIpc) is 3.69. The van der Waals surface area contributed by atoms with Crippen LogP contribution in [0.5, 0.6) is 0 Å². The van der Waals surface area contributed by atoms with Crippen molar-refractivity contribution in [2.24, 2.45) is 5.92 Å². The molecule has 2 N–H and O–H groups in total. The lowest BCUT2D eigenvalue weighted by Gasteiger charge is -2.45. The summed E-state index contributed by atoms with van der Waals surface area (Å²) in [4.78, 5) is 35.0. The quantitative estimate of drug-likeness (QED) is 0.521. The summed E-state index contributed by atoms with van der Waals surface area (Å²) in [5.41, 5.74) is 3.37. The van der Waals surface area contributed by atoms with Crippen molar-refractivity contribution in [2.45, 2.75) is 69.5 Å². The molecular weight excluding hydrogens is 512 g/mol. The van der Waals surface area contributed by atoms with Gasteiger partial charge in [0, 0.05) is 52.4 Å². The zero-order chi connectivity index (χ0) is 27.9. The molecule has 2 amide bonds. The molecular formula is C33H44N6O2. The number of benzene rings is 2. The molecule has 4 aliphatic heterocycles. The highest BCUT2D eigenvalue weighted by atomic mass is 16.2. The van der Waals surface area contributed by atoms with Crippen molar-refractivity contribution in [1.29, 1.82) is 0 Å². The Hall–Kier alpha value is -2.78. The van der Waals surface area contributed by atoms with Crippen molar-refractivity contribution in [1.82, 2.24) is 30.2 Å². The fourth-order valence-corrected chi connectivity index (χ4v) is 7.63. The van der Waals surface area contributed by atoms with E-state index in [1.165, 1.54) is 36.1 Å². The van der Waals surface area contributed by atoms with Crippen molar-refractivity contribution >= 4 is 11.8 Å². The number of likely N-dealkylation sites (tertiary alicyclic amines) is 2. The van der Waals surface area contributed by atoms with Crippen molar-refractivity contribution in [3.63, 3.8) is 0 Å². The fraction of sp³-hybridized carbons (Fsp3) is 0.576. The highest BCUT2D eigenvalue weighted by molar-refractivity contribution is 5.82. The van der Waals surface area contributed by atoms with Crippen molar-refractivity contribution in [3.8, 4) is 0 Å². The molecule has 5 fully saturated rings. The topological polar surface area (TPSA) is 71.2 Å². The molecule has 0 unspecified atom stereocenters. The van der Waals surface area contributed by atoms with Gasteiger partial charge in [0.15, 0.2) is 0 Å². The lowest BCUT2D eigenvalue weighted by Crippen LogP contribution is -2.58. The van der Waals surface area contributed by atoms with Crippen molar-refractivity contribution in [2.75, 3.05) is 45.8 Å². The van der Waals surface area contributed by atoms with Crippen molar-refractivity contribution in [3.05, 3.63) is 71.3 Å². The highest BCUT2D eigenvalue weighted by Gasteiger charge is 2.48. The normalized spacial score (nSPS) is 24.9. The van der Waals surface area contributed by atoms with Crippen LogP contribution in [0, 0.1) is 5.92 Å². The van der Waals surface area contributed by atoms with Crippen LogP contribution >= 0.6 is 0 Å². The smallest absolute Gasteiger partial charge is 0.238 e. The largest absolute Gasteiger partial charge is 0.337 e. The minimum atomic E-state index is -0.233. The molecule has 2 aromatic carbocycles. The first kappa shape index (κ1) is 27.1. The number of rotatable bonds is 8. The Kier molecular flexibility index (Phi) is 7.35. The van der Waals surface area contributed by atoms with Gasteiger partial charge in [0.2, 0.25) is 11.8 Å². The molecule has 4 saturated heterocycles. The number of nitrogens with zero attached hydrogens (tertiary/aromatic N) is 4. The second-order valence-corrected chi connectivity index (χ2v) is 13.1. The van der Waals surface area contributed by atoms with E-state index in [4.69, 9.17) is 0 Å². The molecule has 4 heterocycles. The summed E-state index contributed by atoms with van der Waals surface area (Å²) in [6, 6.07) is 19.3. The molecule has 7 rings (SSSR count). The van der Waals surface area contributed by atoms with E-state index in [0.717, 1.165) is 70.9 Å². The Morgan fingerprint density at radius 1 is 0.732 bits per heavy atom. The number of piperidine rings is 2. The van der Waals surface area contributed by atoms with Crippen LogP contribution in [0.2, 0.25) is 0 Å². The zero-order valence-corrected chi connectivity index (χ0v) is 24.2. The van der Waals surface area contributed by atoms with E-state index in [0.29, 0.717) is 19.6 Å². The van der Waals surface area contributed by atoms with Crippen LogP contribution in [0.4, 0.5) is 0 Å². The van der Waals surface area contributed by atoms with E-state index in [-0.39, 0.29) is 23.1 Å². The third-order valence-electron chi connectivity index (χ3n) is 10.2. The summed E-state index contributed by atoms with van der Waals surface area (Å²) in [6.45, 7) is 8.62. The molecule has 0 bridgehead atoms. The predicted molar refractivity (Wildman–Crippen MR) is 158 cm³/mol. The van der Waals surface area contributed by atoms with Crippen LogP contribution in [0.15, 0.2) is 54.6 Å². The van der Waals surface area contributed by atoms with Gasteiger partial charge < -0.3 is 15.1 Å². The van der Waals surface area contributed by atoms with E-state index in [1.54, 1.807) is 0 Å². The van der Waals surface area contributed by atoms with Crippen molar-refractivity contribution < 1.29 is 9.59 Å². The molecule has 2 aromatic rings. The van der Waals surface area contributed by atoms with Crippen LogP contribution in [0.3, 0.4) is 0 Å². The first-order valence-electron chi connectivity index (χ1n) is 15.7. The van der Waals surface area contributed by atoms with E-state index in [9.17, 15) is 9.59 Å². The number of nitrogens with one attached hydrogen (secondary N) is 2. The molecule has 2 spiro atoms. The maximum atomic E-state index is 12.8. The summed E-state index contributed by atoms with van der Waals surface area (Å²) in [5, 5.41) is 6.95. The van der Waals surface area contributed by atoms with Crippen LogP contribution < -0.4 is 10.6 Å². The minimum absolute atomic E-state index is 0.166. The van der Waals surface area contributed by atoms with Gasteiger partial charge in [-0.2, -0.15) is 0 Å². The average molecular weight is 557 g/mol. The van der Waals surface area contributed by atoms with Gasteiger partial charge in [-0.15, -0.1) is 0 Å². The second-order valence-electron chi connectivity index (χ2n) is 13.1. The summed E-state index contributed by atoms with van der Waals surface area (Å²) < 4.78 is 0. The zero-order valence-electron chi connectivity index (χ0n) is 24.2. The molecule has 0 atom stereocenters. The summed E-state index contributed by atoms with van der Waals surface area (Å²) in [6.07, 6.45) is 6.68. The number of carbonyl (C=O) groups excluding carboxylic acids is 2. The maximum Gasteiger partial charge on any atom is 0.238 e. The second kappa shape index (κ2) is 11.1. The van der Waals surface area contributed by atoms with Gasteiger partial charge in [-0.1, -0.05) is 54.6 Å².